The number of carbonyl (C=O) groups is 3. The summed E-state index contributed by atoms with van der Waals surface area (Å²) in [4.78, 5) is 37.9. The van der Waals surface area contributed by atoms with E-state index in [9.17, 15) is 14.4 Å². The van der Waals surface area contributed by atoms with Crippen LogP contribution < -0.4 is 0 Å². The third-order valence-corrected chi connectivity index (χ3v) is 11.1. The molecule has 0 saturated carbocycles. The predicted molar refractivity (Wildman–Crippen MR) is 274 cm³/mol. The van der Waals surface area contributed by atoms with Crippen molar-refractivity contribution >= 4 is 17.9 Å². The lowest BCUT2D eigenvalue weighted by atomic mass is 10.1. The zero-order valence-electron chi connectivity index (χ0n) is 41.8. The van der Waals surface area contributed by atoms with E-state index in [4.69, 9.17) is 14.2 Å². The topological polar surface area (TPSA) is 78.9 Å². The van der Waals surface area contributed by atoms with Crippen LogP contribution >= 0.6 is 0 Å². The summed E-state index contributed by atoms with van der Waals surface area (Å²) in [5.41, 5.74) is 0. The van der Waals surface area contributed by atoms with Crippen molar-refractivity contribution in [2.75, 3.05) is 13.2 Å². The summed E-state index contributed by atoms with van der Waals surface area (Å²) in [6.07, 6.45) is 67.1. The maximum absolute atomic E-state index is 12.8. The maximum atomic E-state index is 12.8. The standard InChI is InChI=1S/C58H98O6/c1-4-7-10-13-16-19-21-23-25-27-28-29-30-32-33-35-37-39-42-45-48-51-57(60)63-54-55(53-62-56(59)50-47-44-41-18-15-12-9-6-3)64-58(61)52-49-46-43-40-38-36-34-31-26-24-22-20-17-14-11-8-5-2/h7,10,16-17,19-20,23-26,28-29,32-33,55H,4-6,8-9,11-15,18,21-22,27,30-31,34-54H2,1-3H3/b10-7-,19-16-,20-17-,25-23-,26-24-,29-28-,33-32-. The van der Waals surface area contributed by atoms with Crippen LogP contribution in [0, 0.1) is 0 Å². The largest absolute Gasteiger partial charge is 0.462 e. The molecule has 0 aromatic rings. The van der Waals surface area contributed by atoms with Gasteiger partial charge in [-0.25, -0.2) is 0 Å². The van der Waals surface area contributed by atoms with E-state index in [0.717, 1.165) is 122 Å². The van der Waals surface area contributed by atoms with Crippen LogP contribution in [0.25, 0.3) is 0 Å². The molecule has 0 saturated heterocycles. The summed E-state index contributed by atoms with van der Waals surface area (Å²) in [6.45, 7) is 6.45. The highest BCUT2D eigenvalue weighted by molar-refractivity contribution is 5.71. The van der Waals surface area contributed by atoms with Gasteiger partial charge in [0.05, 0.1) is 0 Å². The van der Waals surface area contributed by atoms with Gasteiger partial charge in [-0.15, -0.1) is 0 Å². The molecule has 0 aromatic heterocycles. The Balaban J connectivity index is 4.33. The number of allylic oxidation sites excluding steroid dienone is 14. The molecule has 0 bridgehead atoms. The number of carbonyl (C=O) groups excluding carboxylic acids is 3. The van der Waals surface area contributed by atoms with Gasteiger partial charge in [-0.3, -0.25) is 14.4 Å². The van der Waals surface area contributed by atoms with Crippen molar-refractivity contribution in [2.24, 2.45) is 0 Å². The van der Waals surface area contributed by atoms with Crippen molar-refractivity contribution in [1.82, 2.24) is 0 Å². The molecule has 0 aliphatic carbocycles. The molecule has 0 aliphatic rings. The zero-order chi connectivity index (χ0) is 46.5. The molecular weight excluding hydrogens is 793 g/mol. The molecule has 1 atom stereocenters. The lowest BCUT2D eigenvalue weighted by Crippen LogP contribution is -2.30. The van der Waals surface area contributed by atoms with E-state index in [0.29, 0.717) is 19.3 Å². The van der Waals surface area contributed by atoms with E-state index in [1.54, 1.807) is 0 Å². The molecule has 0 radical (unpaired) electrons. The minimum atomic E-state index is -0.786. The van der Waals surface area contributed by atoms with E-state index in [2.05, 4.69) is 106 Å². The average molecular weight is 891 g/mol. The number of hydrogen-bond donors (Lipinski definition) is 0. The first kappa shape index (κ1) is 60.6. The third-order valence-electron chi connectivity index (χ3n) is 11.1. The van der Waals surface area contributed by atoms with Gasteiger partial charge in [-0.05, 0) is 96.3 Å². The lowest BCUT2D eigenvalue weighted by molar-refractivity contribution is -0.167. The number of esters is 3. The Hall–Kier alpha value is -3.41. The first-order valence-electron chi connectivity index (χ1n) is 26.6. The lowest BCUT2D eigenvalue weighted by Gasteiger charge is -2.18. The molecule has 64 heavy (non-hydrogen) atoms. The Labute approximate surface area is 395 Å². The fourth-order valence-electron chi connectivity index (χ4n) is 7.15. The highest BCUT2D eigenvalue weighted by Gasteiger charge is 2.19. The van der Waals surface area contributed by atoms with E-state index in [1.807, 2.05) is 0 Å². The van der Waals surface area contributed by atoms with Crippen LogP contribution in [0.5, 0.6) is 0 Å². The molecule has 0 heterocycles. The first-order valence-corrected chi connectivity index (χ1v) is 26.6. The van der Waals surface area contributed by atoms with Crippen molar-refractivity contribution in [3.8, 4) is 0 Å². The fourth-order valence-corrected chi connectivity index (χ4v) is 7.15. The SMILES string of the molecule is CC/C=C\C/C=C\C/C=C\C/C=C\C/C=C\CCCCCCCC(=O)OCC(COC(=O)CCCCCCCCCC)OC(=O)CCCCCCCCC/C=C\C/C=C\CCCCC. The number of rotatable bonds is 47. The molecule has 0 rings (SSSR count). The van der Waals surface area contributed by atoms with E-state index < -0.39 is 6.10 Å². The molecule has 0 fully saturated rings. The molecule has 6 heteroatoms. The smallest absolute Gasteiger partial charge is 0.306 e. The second kappa shape index (κ2) is 52.2. The molecule has 0 amide bonds. The molecule has 0 N–H and O–H groups in total. The van der Waals surface area contributed by atoms with Crippen molar-refractivity contribution < 1.29 is 28.6 Å². The Morgan fingerprint density at radius 2 is 0.609 bits per heavy atom. The van der Waals surface area contributed by atoms with Crippen LogP contribution in [0.4, 0.5) is 0 Å². The van der Waals surface area contributed by atoms with Gasteiger partial charge in [-0.2, -0.15) is 0 Å². The molecule has 0 aromatic carbocycles. The van der Waals surface area contributed by atoms with Crippen LogP contribution in [0.3, 0.4) is 0 Å². The van der Waals surface area contributed by atoms with Crippen molar-refractivity contribution in [3.63, 3.8) is 0 Å². The molecule has 0 spiro atoms. The molecular formula is C58H98O6. The van der Waals surface area contributed by atoms with Crippen LogP contribution in [-0.2, 0) is 28.6 Å². The van der Waals surface area contributed by atoms with Gasteiger partial charge in [0.25, 0.3) is 0 Å². The van der Waals surface area contributed by atoms with Crippen molar-refractivity contribution in [1.29, 1.82) is 0 Å². The van der Waals surface area contributed by atoms with Gasteiger partial charge in [0.15, 0.2) is 6.10 Å². The van der Waals surface area contributed by atoms with E-state index in [1.165, 1.54) is 83.5 Å². The Morgan fingerprint density at radius 3 is 0.984 bits per heavy atom. The minimum Gasteiger partial charge on any atom is -0.462 e. The highest BCUT2D eigenvalue weighted by Crippen LogP contribution is 2.14. The van der Waals surface area contributed by atoms with E-state index >= 15 is 0 Å². The number of hydrogen-bond acceptors (Lipinski definition) is 6. The third kappa shape index (κ3) is 49.6. The summed E-state index contributed by atoms with van der Waals surface area (Å²) in [5.74, 6) is -0.917. The molecule has 366 valence electrons. The quantitative estimate of drug-likeness (QED) is 0.0262. The van der Waals surface area contributed by atoms with E-state index in [-0.39, 0.29) is 31.1 Å². The van der Waals surface area contributed by atoms with Gasteiger partial charge in [0.2, 0.25) is 0 Å². The molecule has 0 aliphatic heterocycles. The van der Waals surface area contributed by atoms with Gasteiger partial charge in [0.1, 0.15) is 13.2 Å². The van der Waals surface area contributed by atoms with Crippen LogP contribution in [-0.4, -0.2) is 37.2 Å². The summed E-state index contributed by atoms with van der Waals surface area (Å²) in [6, 6.07) is 0. The highest BCUT2D eigenvalue weighted by atomic mass is 16.6. The Kier molecular flexibility index (Phi) is 49.4. The minimum absolute atomic E-state index is 0.0856. The summed E-state index contributed by atoms with van der Waals surface area (Å²) >= 11 is 0. The van der Waals surface area contributed by atoms with Gasteiger partial charge in [-0.1, -0.05) is 215 Å². The number of unbranched alkanes of at least 4 members (excludes halogenated alkanes) is 22. The van der Waals surface area contributed by atoms with Crippen LogP contribution in [0.15, 0.2) is 85.1 Å². The monoisotopic (exact) mass is 891 g/mol. The van der Waals surface area contributed by atoms with Gasteiger partial charge in [0, 0.05) is 19.3 Å². The normalized spacial score (nSPS) is 12.7. The fraction of sp³-hybridized carbons (Fsp3) is 0.707. The second-order valence-electron chi connectivity index (χ2n) is 17.4. The number of ether oxygens (including phenoxy) is 3. The maximum Gasteiger partial charge on any atom is 0.306 e. The van der Waals surface area contributed by atoms with Crippen LogP contribution in [0.2, 0.25) is 0 Å². The first-order chi connectivity index (χ1) is 31.5. The molecule has 6 nitrogen and oxygen atoms in total. The zero-order valence-corrected chi connectivity index (χ0v) is 41.8. The van der Waals surface area contributed by atoms with Crippen LogP contribution in [0.1, 0.15) is 245 Å². The molecule has 1 unspecified atom stereocenters. The Bertz CT molecular complexity index is 1250. The second-order valence-corrected chi connectivity index (χ2v) is 17.4. The average Bonchev–Trinajstić information content (AvgIpc) is 3.29. The summed E-state index contributed by atoms with van der Waals surface area (Å²) in [5, 5.41) is 0. The van der Waals surface area contributed by atoms with Gasteiger partial charge >= 0.3 is 17.9 Å². The van der Waals surface area contributed by atoms with Crippen molar-refractivity contribution in [3.05, 3.63) is 85.1 Å². The summed E-state index contributed by atoms with van der Waals surface area (Å²) < 4.78 is 16.8. The van der Waals surface area contributed by atoms with Crippen molar-refractivity contribution in [2.45, 2.75) is 252 Å². The van der Waals surface area contributed by atoms with Gasteiger partial charge < -0.3 is 14.2 Å². The Morgan fingerprint density at radius 1 is 0.328 bits per heavy atom. The summed E-state index contributed by atoms with van der Waals surface area (Å²) in [7, 11) is 0. The predicted octanol–water partition coefficient (Wildman–Crippen LogP) is 17.6.